The lowest BCUT2D eigenvalue weighted by atomic mass is 10.2. The van der Waals surface area contributed by atoms with Gasteiger partial charge in [-0.15, -0.1) is 0 Å². The van der Waals surface area contributed by atoms with E-state index < -0.39 is 5.97 Å². The van der Waals surface area contributed by atoms with Gasteiger partial charge in [-0.3, -0.25) is 4.98 Å². The Kier molecular flexibility index (Phi) is 3.39. The first-order valence-corrected chi connectivity index (χ1v) is 5.98. The van der Waals surface area contributed by atoms with E-state index in [1.54, 1.807) is 25.4 Å². The van der Waals surface area contributed by atoms with Crippen molar-refractivity contribution >= 4 is 17.6 Å². The Balaban J connectivity index is 2.75. The van der Waals surface area contributed by atoms with Crippen LogP contribution in [-0.2, 0) is 6.54 Å². The van der Waals surface area contributed by atoms with Gasteiger partial charge >= 0.3 is 5.97 Å². The van der Waals surface area contributed by atoms with Gasteiger partial charge in [0.2, 0.25) is 0 Å². The summed E-state index contributed by atoms with van der Waals surface area (Å²) in [5.74, 6) is -1.00. The van der Waals surface area contributed by atoms with E-state index in [9.17, 15) is 9.90 Å². The number of halogens is 1. The fourth-order valence-electron chi connectivity index (χ4n) is 2.13. The number of aromatic carboxylic acids is 1. The lowest BCUT2D eigenvalue weighted by Gasteiger charge is -2.08. The van der Waals surface area contributed by atoms with Gasteiger partial charge < -0.3 is 9.67 Å². The molecule has 0 radical (unpaired) electrons. The molecule has 0 amide bonds. The second-order valence-corrected chi connectivity index (χ2v) is 4.29. The lowest BCUT2D eigenvalue weighted by Crippen LogP contribution is -2.02. The van der Waals surface area contributed by atoms with E-state index in [-0.39, 0.29) is 10.6 Å². The van der Waals surface area contributed by atoms with E-state index >= 15 is 0 Å². The van der Waals surface area contributed by atoms with Crippen molar-refractivity contribution in [1.29, 1.82) is 0 Å². The minimum Gasteiger partial charge on any atom is -0.478 e. The summed E-state index contributed by atoms with van der Waals surface area (Å²) in [5, 5.41) is 9.49. The molecule has 0 saturated carbocycles. The van der Waals surface area contributed by atoms with Crippen LogP contribution < -0.4 is 0 Å². The molecule has 1 N–H and O–H groups in total. The Labute approximate surface area is 110 Å². The Bertz CT molecular complexity index is 591. The molecule has 94 valence electrons. The van der Waals surface area contributed by atoms with Crippen LogP contribution in [0.5, 0.6) is 0 Å². The van der Waals surface area contributed by atoms with E-state index in [2.05, 4.69) is 4.98 Å². The fraction of sp³-hybridized carbons (Fsp3) is 0.231. The monoisotopic (exact) mass is 264 g/mol. The van der Waals surface area contributed by atoms with Crippen molar-refractivity contribution in [2.75, 3.05) is 0 Å². The van der Waals surface area contributed by atoms with Crippen LogP contribution in [0.15, 0.2) is 24.5 Å². The van der Waals surface area contributed by atoms with Crippen molar-refractivity contribution < 1.29 is 9.90 Å². The second-order valence-electron chi connectivity index (χ2n) is 3.91. The maximum atomic E-state index is 11.2. The zero-order valence-electron chi connectivity index (χ0n) is 10.1. The molecule has 4 nitrogen and oxygen atoms in total. The molecule has 2 rings (SSSR count). The van der Waals surface area contributed by atoms with E-state index in [1.807, 2.05) is 17.6 Å². The molecule has 0 atom stereocenters. The molecule has 5 heteroatoms. The molecular weight excluding hydrogens is 252 g/mol. The Morgan fingerprint density at radius 3 is 2.78 bits per heavy atom. The third-order valence-electron chi connectivity index (χ3n) is 2.93. The summed E-state index contributed by atoms with van der Waals surface area (Å²) < 4.78 is 1.89. The van der Waals surface area contributed by atoms with Crippen molar-refractivity contribution in [2.45, 2.75) is 20.4 Å². The van der Waals surface area contributed by atoms with Gasteiger partial charge in [0, 0.05) is 30.2 Å². The number of carbonyl (C=O) groups is 1. The quantitative estimate of drug-likeness (QED) is 0.926. The highest BCUT2D eigenvalue weighted by Gasteiger charge is 2.23. The van der Waals surface area contributed by atoms with Gasteiger partial charge in [0.15, 0.2) is 0 Å². The first-order valence-electron chi connectivity index (χ1n) is 5.60. The summed E-state index contributed by atoms with van der Waals surface area (Å²) in [6.45, 7) is 4.37. The molecule has 2 aromatic heterocycles. The smallest absolute Gasteiger partial charge is 0.339 e. The fourth-order valence-corrected chi connectivity index (χ4v) is 2.56. The van der Waals surface area contributed by atoms with E-state index in [4.69, 9.17) is 11.6 Å². The molecule has 0 aliphatic heterocycles. The number of hydrogen-bond acceptors (Lipinski definition) is 2. The maximum Gasteiger partial charge on any atom is 0.339 e. The predicted octanol–water partition coefficient (Wildman–Crippen LogP) is 3.23. The van der Waals surface area contributed by atoms with Crippen molar-refractivity contribution in [3.63, 3.8) is 0 Å². The number of aromatic nitrogens is 2. The summed E-state index contributed by atoms with van der Waals surface area (Å²) in [7, 11) is 0. The highest BCUT2D eigenvalue weighted by molar-refractivity contribution is 6.36. The van der Waals surface area contributed by atoms with Gasteiger partial charge in [-0.2, -0.15) is 0 Å². The highest BCUT2D eigenvalue weighted by atomic mass is 35.5. The molecule has 0 bridgehead atoms. The molecule has 18 heavy (non-hydrogen) atoms. The zero-order valence-corrected chi connectivity index (χ0v) is 10.9. The third-order valence-corrected chi connectivity index (χ3v) is 3.30. The Hall–Kier alpha value is -1.81. The van der Waals surface area contributed by atoms with Crippen LogP contribution in [0.3, 0.4) is 0 Å². The topological polar surface area (TPSA) is 55.1 Å². The summed E-state index contributed by atoms with van der Waals surface area (Å²) in [6, 6.07) is 3.67. The number of hydrogen-bond donors (Lipinski definition) is 1. The maximum absolute atomic E-state index is 11.2. The van der Waals surface area contributed by atoms with Crippen LogP contribution in [0.25, 0.3) is 11.3 Å². The summed E-state index contributed by atoms with van der Waals surface area (Å²) in [5.41, 5.74) is 2.35. The van der Waals surface area contributed by atoms with Gasteiger partial charge in [0.25, 0.3) is 0 Å². The first kappa shape index (κ1) is 12.6. The Morgan fingerprint density at radius 1 is 1.56 bits per heavy atom. The van der Waals surface area contributed by atoms with E-state index in [0.717, 1.165) is 5.56 Å². The third kappa shape index (κ3) is 1.88. The van der Waals surface area contributed by atoms with Gasteiger partial charge in [-0.25, -0.2) is 4.79 Å². The molecule has 0 spiro atoms. The van der Waals surface area contributed by atoms with Crippen LogP contribution >= 0.6 is 11.6 Å². The van der Waals surface area contributed by atoms with Crippen molar-refractivity contribution in [3.05, 3.63) is 40.8 Å². The normalized spacial score (nSPS) is 10.6. The lowest BCUT2D eigenvalue weighted by molar-refractivity contribution is 0.0696. The zero-order chi connectivity index (χ0) is 13.3. The van der Waals surface area contributed by atoms with Crippen LogP contribution in [0, 0.1) is 6.92 Å². The molecule has 0 fully saturated rings. The number of nitrogens with zero attached hydrogens (tertiary/aromatic N) is 2. The number of pyridine rings is 1. The minimum atomic E-state index is -1.00. The van der Waals surface area contributed by atoms with Crippen molar-refractivity contribution in [3.8, 4) is 11.3 Å². The van der Waals surface area contributed by atoms with Crippen LogP contribution in [-0.4, -0.2) is 20.6 Å². The Morgan fingerprint density at radius 2 is 2.28 bits per heavy atom. The summed E-state index contributed by atoms with van der Waals surface area (Å²) >= 11 is 6.21. The van der Waals surface area contributed by atoms with Crippen LogP contribution in [0.4, 0.5) is 0 Å². The van der Waals surface area contributed by atoms with E-state index in [0.29, 0.717) is 17.9 Å². The summed E-state index contributed by atoms with van der Waals surface area (Å²) in [4.78, 5) is 15.3. The van der Waals surface area contributed by atoms with Gasteiger partial charge in [0.05, 0.1) is 16.3 Å². The van der Waals surface area contributed by atoms with Crippen molar-refractivity contribution in [2.24, 2.45) is 0 Å². The molecule has 0 aliphatic rings. The standard InChI is InChI=1S/C13H13ClN2O2/c1-3-16-8(2)10(13(17)18)11(14)12(16)9-5-4-6-15-7-9/h4-7H,3H2,1-2H3,(H,17,18). The van der Waals surface area contributed by atoms with Gasteiger partial charge in [-0.05, 0) is 26.0 Å². The molecule has 2 heterocycles. The molecule has 0 aliphatic carbocycles. The number of rotatable bonds is 3. The van der Waals surface area contributed by atoms with Crippen LogP contribution in [0.2, 0.25) is 5.02 Å². The molecule has 0 aromatic carbocycles. The number of carboxylic acids is 1. The van der Waals surface area contributed by atoms with Gasteiger partial charge in [0.1, 0.15) is 0 Å². The van der Waals surface area contributed by atoms with Crippen LogP contribution in [0.1, 0.15) is 23.0 Å². The highest BCUT2D eigenvalue weighted by Crippen LogP contribution is 2.35. The van der Waals surface area contributed by atoms with E-state index in [1.165, 1.54) is 0 Å². The SMILES string of the molecule is CCn1c(C)c(C(=O)O)c(Cl)c1-c1cccnc1. The average molecular weight is 265 g/mol. The summed E-state index contributed by atoms with van der Waals surface area (Å²) in [6.07, 6.45) is 3.35. The number of carboxylic acid groups (broad SMARTS) is 1. The largest absolute Gasteiger partial charge is 0.478 e. The minimum absolute atomic E-state index is 0.164. The predicted molar refractivity (Wildman–Crippen MR) is 70.0 cm³/mol. The molecule has 0 saturated heterocycles. The van der Waals surface area contributed by atoms with Crippen molar-refractivity contribution in [1.82, 2.24) is 9.55 Å². The second kappa shape index (κ2) is 4.82. The molecule has 2 aromatic rings. The average Bonchev–Trinajstić information content (AvgIpc) is 2.61. The first-order chi connectivity index (χ1) is 8.57. The molecular formula is C13H13ClN2O2. The molecule has 0 unspecified atom stereocenters. The van der Waals surface area contributed by atoms with Gasteiger partial charge in [-0.1, -0.05) is 11.6 Å².